The number of benzene rings is 1. The maximum absolute atomic E-state index is 12.5. The van der Waals surface area contributed by atoms with Gasteiger partial charge in [0, 0.05) is 38.4 Å². The molecule has 32 heavy (non-hydrogen) atoms. The molecule has 0 atom stereocenters. The number of fused-ring (bicyclic) bond motifs is 1. The van der Waals surface area contributed by atoms with Crippen LogP contribution >= 0.6 is 0 Å². The normalized spacial score (nSPS) is 15.2. The maximum atomic E-state index is 12.5. The van der Waals surface area contributed by atoms with Crippen LogP contribution in [-0.2, 0) is 11.3 Å². The summed E-state index contributed by atoms with van der Waals surface area (Å²) in [4.78, 5) is 26.4. The molecule has 8 heteroatoms. The van der Waals surface area contributed by atoms with Gasteiger partial charge in [-0.3, -0.25) is 4.90 Å². The molecule has 1 aliphatic rings. The molecule has 0 aliphatic carbocycles. The van der Waals surface area contributed by atoms with Crippen LogP contribution in [0.5, 0.6) is 0 Å². The van der Waals surface area contributed by atoms with Crippen molar-refractivity contribution >= 4 is 28.6 Å². The van der Waals surface area contributed by atoms with E-state index in [0.717, 1.165) is 45.0 Å². The zero-order valence-electron chi connectivity index (χ0n) is 19.3. The van der Waals surface area contributed by atoms with Crippen molar-refractivity contribution in [1.29, 1.82) is 0 Å². The van der Waals surface area contributed by atoms with Crippen LogP contribution in [0, 0.1) is 13.8 Å². The largest absolute Gasteiger partial charge is 0.462 e. The average Bonchev–Trinajstić information content (AvgIpc) is 3.11. The van der Waals surface area contributed by atoms with Crippen molar-refractivity contribution in [1.82, 2.24) is 19.8 Å². The smallest absolute Gasteiger partial charge is 0.342 e. The number of hydrogen-bond donors (Lipinski definition) is 1. The Morgan fingerprint density at radius 1 is 1.06 bits per heavy atom. The molecule has 1 fully saturated rings. The van der Waals surface area contributed by atoms with Crippen LogP contribution in [0.1, 0.15) is 41.4 Å². The Hall–Kier alpha value is -2.97. The summed E-state index contributed by atoms with van der Waals surface area (Å²) in [6.07, 6.45) is 0. The zero-order chi connectivity index (χ0) is 22.7. The first-order valence-electron chi connectivity index (χ1n) is 11.2. The highest BCUT2D eigenvalue weighted by Crippen LogP contribution is 2.32. The van der Waals surface area contributed by atoms with E-state index in [4.69, 9.17) is 9.15 Å². The van der Waals surface area contributed by atoms with E-state index in [1.54, 1.807) is 20.8 Å². The predicted molar refractivity (Wildman–Crippen MR) is 124 cm³/mol. The molecular weight excluding hydrogens is 406 g/mol. The number of rotatable bonds is 7. The number of likely N-dealkylation sites (N-methyl/N-ethyl adjacent to an activating group) is 1. The first-order valence-corrected chi connectivity index (χ1v) is 11.2. The lowest BCUT2D eigenvalue weighted by atomic mass is 10.1. The fourth-order valence-electron chi connectivity index (χ4n) is 4.11. The van der Waals surface area contributed by atoms with Crippen molar-refractivity contribution in [2.24, 2.45) is 0 Å². The summed E-state index contributed by atoms with van der Waals surface area (Å²) < 4.78 is 11.0. The van der Waals surface area contributed by atoms with Crippen molar-refractivity contribution in [3.63, 3.8) is 0 Å². The van der Waals surface area contributed by atoms with E-state index in [9.17, 15) is 4.79 Å². The fourth-order valence-corrected chi connectivity index (χ4v) is 4.11. The number of anilines is 2. The number of furan rings is 1. The molecule has 170 valence electrons. The summed E-state index contributed by atoms with van der Waals surface area (Å²) in [5.41, 5.74) is 2.91. The van der Waals surface area contributed by atoms with E-state index >= 15 is 0 Å². The van der Waals surface area contributed by atoms with Crippen molar-refractivity contribution in [3.8, 4) is 0 Å². The lowest BCUT2D eigenvalue weighted by Gasteiger charge is -2.34. The third kappa shape index (κ3) is 4.76. The van der Waals surface area contributed by atoms with Gasteiger partial charge in [0.1, 0.15) is 23.0 Å². The molecule has 4 rings (SSSR count). The van der Waals surface area contributed by atoms with Crippen molar-refractivity contribution in [2.45, 2.75) is 34.2 Å². The lowest BCUT2D eigenvalue weighted by molar-refractivity contribution is 0.0526. The predicted octanol–water partition coefficient (Wildman–Crippen LogP) is 3.90. The Balaban J connectivity index is 1.54. The van der Waals surface area contributed by atoms with Gasteiger partial charge >= 0.3 is 5.97 Å². The molecule has 1 aliphatic heterocycles. The van der Waals surface area contributed by atoms with Crippen LogP contribution in [0.25, 0.3) is 11.1 Å². The lowest BCUT2D eigenvalue weighted by Crippen LogP contribution is -2.45. The monoisotopic (exact) mass is 437 g/mol. The summed E-state index contributed by atoms with van der Waals surface area (Å²) >= 11 is 0. The molecule has 0 amide bonds. The van der Waals surface area contributed by atoms with Crippen LogP contribution in [0.3, 0.4) is 0 Å². The number of esters is 1. The maximum Gasteiger partial charge on any atom is 0.342 e. The second kappa shape index (κ2) is 9.67. The minimum absolute atomic E-state index is 0.287. The van der Waals surface area contributed by atoms with Crippen LogP contribution < -0.4 is 5.32 Å². The molecule has 0 spiro atoms. The molecule has 0 unspecified atom stereocenters. The van der Waals surface area contributed by atoms with Gasteiger partial charge in [-0.2, -0.15) is 4.98 Å². The summed E-state index contributed by atoms with van der Waals surface area (Å²) in [6.45, 7) is 14.4. The van der Waals surface area contributed by atoms with Crippen molar-refractivity contribution in [2.75, 3.05) is 44.6 Å². The highest BCUT2D eigenvalue weighted by atomic mass is 16.5. The van der Waals surface area contributed by atoms with E-state index in [1.807, 2.05) is 12.1 Å². The number of aromatic nitrogens is 2. The number of nitrogens with zero attached hydrogens (tertiary/aromatic N) is 4. The molecule has 1 aromatic carbocycles. The van der Waals surface area contributed by atoms with Gasteiger partial charge in [-0.15, -0.1) is 0 Å². The molecule has 0 saturated carbocycles. The van der Waals surface area contributed by atoms with E-state index in [0.29, 0.717) is 34.1 Å². The number of carbonyl (C=O) groups excluding carboxylic acids is 1. The van der Waals surface area contributed by atoms with Gasteiger partial charge in [0.25, 0.3) is 0 Å². The van der Waals surface area contributed by atoms with Gasteiger partial charge in [0.05, 0.1) is 12.0 Å². The van der Waals surface area contributed by atoms with Crippen LogP contribution in [0.15, 0.2) is 28.7 Å². The first kappa shape index (κ1) is 22.2. The SMILES string of the molecule is CCOC(=O)c1c(C)oc2nc(C)nc(Nc3ccc(CN4CCN(CC)CC4)cc3)c12. The van der Waals surface area contributed by atoms with Gasteiger partial charge in [0.15, 0.2) is 0 Å². The third-order valence-corrected chi connectivity index (χ3v) is 5.85. The standard InChI is InChI=1S/C24H31N5O3/c1-5-28-11-13-29(14-12-28)15-18-7-9-19(10-8-18)27-22-21-20(24(30)31-6-2)16(3)32-23(21)26-17(4)25-22/h7-10H,5-6,11-15H2,1-4H3,(H,25,26,27). The summed E-state index contributed by atoms with van der Waals surface area (Å²) in [5.74, 6) is 1.14. The second-order valence-electron chi connectivity index (χ2n) is 8.09. The van der Waals surface area contributed by atoms with Crippen molar-refractivity contribution < 1.29 is 13.9 Å². The number of aryl methyl sites for hydroxylation is 2. The van der Waals surface area contributed by atoms with Gasteiger partial charge in [0.2, 0.25) is 5.71 Å². The zero-order valence-corrected chi connectivity index (χ0v) is 19.3. The Kier molecular flexibility index (Phi) is 6.72. The van der Waals surface area contributed by atoms with Crippen LogP contribution in [-0.4, -0.2) is 65.1 Å². The van der Waals surface area contributed by atoms with Crippen LogP contribution in [0.4, 0.5) is 11.5 Å². The van der Waals surface area contributed by atoms with Crippen LogP contribution in [0.2, 0.25) is 0 Å². The fraction of sp³-hybridized carbons (Fsp3) is 0.458. The van der Waals surface area contributed by atoms with Gasteiger partial charge in [-0.05, 0) is 45.0 Å². The Labute approximate surface area is 188 Å². The summed E-state index contributed by atoms with van der Waals surface area (Å²) in [6, 6.07) is 8.34. The summed E-state index contributed by atoms with van der Waals surface area (Å²) in [7, 11) is 0. The molecule has 1 N–H and O–H groups in total. The Bertz CT molecular complexity index is 1090. The van der Waals surface area contributed by atoms with Gasteiger partial charge in [-0.25, -0.2) is 9.78 Å². The topological polar surface area (TPSA) is 83.7 Å². The Morgan fingerprint density at radius 3 is 2.41 bits per heavy atom. The minimum atomic E-state index is -0.433. The van der Waals surface area contributed by atoms with Crippen molar-refractivity contribution in [3.05, 3.63) is 47.0 Å². The molecule has 3 heterocycles. The third-order valence-electron chi connectivity index (χ3n) is 5.85. The Morgan fingerprint density at radius 2 is 1.75 bits per heavy atom. The number of hydrogen-bond acceptors (Lipinski definition) is 8. The molecule has 0 radical (unpaired) electrons. The highest BCUT2D eigenvalue weighted by molar-refractivity contribution is 6.08. The van der Waals surface area contributed by atoms with E-state index in [-0.39, 0.29) is 6.61 Å². The van der Waals surface area contributed by atoms with E-state index < -0.39 is 5.97 Å². The molecule has 8 nitrogen and oxygen atoms in total. The molecular formula is C24H31N5O3. The number of carbonyl (C=O) groups is 1. The minimum Gasteiger partial charge on any atom is -0.462 e. The highest BCUT2D eigenvalue weighted by Gasteiger charge is 2.24. The quantitative estimate of drug-likeness (QED) is 0.557. The van der Waals surface area contributed by atoms with E-state index in [2.05, 4.69) is 44.1 Å². The molecule has 2 aromatic heterocycles. The average molecular weight is 438 g/mol. The molecule has 3 aromatic rings. The van der Waals surface area contributed by atoms with Gasteiger partial charge < -0.3 is 19.4 Å². The molecule has 1 saturated heterocycles. The number of piperazine rings is 1. The number of nitrogens with one attached hydrogen (secondary N) is 1. The summed E-state index contributed by atoms with van der Waals surface area (Å²) in [5, 5.41) is 3.89. The second-order valence-corrected chi connectivity index (χ2v) is 8.09. The first-order chi connectivity index (χ1) is 15.5. The van der Waals surface area contributed by atoms with Gasteiger partial charge in [-0.1, -0.05) is 19.1 Å². The van der Waals surface area contributed by atoms with E-state index in [1.165, 1.54) is 5.56 Å². The molecule has 0 bridgehead atoms. The number of ether oxygens (including phenoxy) is 1.